The molecule has 1 aliphatic carbocycles. The van der Waals surface area contributed by atoms with E-state index in [2.05, 4.69) is 0 Å². The minimum absolute atomic E-state index is 0.291. The lowest BCUT2D eigenvalue weighted by molar-refractivity contribution is -0.169. The zero-order valence-corrected chi connectivity index (χ0v) is 12.5. The molecule has 1 aliphatic rings. The van der Waals surface area contributed by atoms with Crippen LogP contribution in [0.1, 0.15) is 40.0 Å². The third-order valence-electron chi connectivity index (χ3n) is 3.34. The summed E-state index contributed by atoms with van der Waals surface area (Å²) in [6, 6.07) is 0. The van der Waals surface area contributed by atoms with Gasteiger partial charge in [-0.25, -0.2) is 0 Å². The van der Waals surface area contributed by atoms with Crippen molar-refractivity contribution in [1.82, 2.24) is 0 Å². The molecular formula is C15H22O6. The van der Waals surface area contributed by atoms with Crippen molar-refractivity contribution >= 4 is 17.9 Å². The molecule has 21 heavy (non-hydrogen) atoms. The van der Waals surface area contributed by atoms with Gasteiger partial charge in [-0.05, 0) is 39.5 Å². The number of carboxylic acids is 2. The summed E-state index contributed by atoms with van der Waals surface area (Å²) < 4.78 is 5.30. The van der Waals surface area contributed by atoms with Crippen molar-refractivity contribution in [2.24, 2.45) is 17.8 Å². The van der Waals surface area contributed by atoms with E-state index in [-0.39, 0.29) is 5.92 Å². The lowest BCUT2D eigenvalue weighted by atomic mass is 9.79. The van der Waals surface area contributed by atoms with E-state index in [0.29, 0.717) is 6.42 Å². The Kier molecular flexibility index (Phi) is 5.52. The third kappa shape index (κ3) is 5.21. The van der Waals surface area contributed by atoms with Crippen LogP contribution in [-0.4, -0.2) is 33.7 Å². The van der Waals surface area contributed by atoms with Gasteiger partial charge in [-0.15, -0.1) is 0 Å². The zero-order chi connectivity index (χ0) is 16.2. The molecule has 118 valence electrons. The summed E-state index contributed by atoms with van der Waals surface area (Å²) in [5.41, 5.74) is -0.746. The summed E-state index contributed by atoms with van der Waals surface area (Å²) in [7, 11) is 0. The fourth-order valence-electron chi connectivity index (χ4n) is 2.52. The minimum atomic E-state index is -1.29. The standard InChI is InChI=1S/C15H22O6/c1-15(2,3)21-14(20)12(9-6-4-5-7-9)10(13(18)19)8-11(16)17/h4,6,9-10,12H,5,7-8H2,1-3H3,(H,16,17)(H,18,19)/t9?,10-,12?/m1/s1. The van der Waals surface area contributed by atoms with E-state index in [1.54, 1.807) is 26.8 Å². The second-order valence-corrected chi connectivity index (χ2v) is 6.27. The van der Waals surface area contributed by atoms with Crippen molar-refractivity contribution < 1.29 is 29.3 Å². The van der Waals surface area contributed by atoms with Crippen LogP contribution in [0.3, 0.4) is 0 Å². The Morgan fingerprint density at radius 2 is 1.90 bits per heavy atom. The maximum Gasteiger partial charge on any atom is 0.310 e. The van der Waals surface area contributed by atoms with Crippen molar-refractivity contribution in [2.45, 2.75) is 45.6 Å². The summed E-state index contributed by atoms with van der Waals surface area (Å²) in [4.78, 5) is 34.7. The molecule has 6 nitrogen and oxygen atoms in total. The van der Waals surface area contributed by atoms with E-state index >= 15 is 0 Å². The van der Waals surface area contributed by atoms with Crippen LogP contribution in [0.5, 0.6) is 0 Å². The summed E-state index contributed by atoms with van der Waals surface area (Å²) in [5.74, 6) is -5.72. The van der Waals surface area contributed by atoms with Gasteiger partial charge < -0.3 is 14.9 Å². The van der Waals surface area contributed by atoms with Crippen LogP contribution in [-0.2, 0) is 19.1 Å². The van der Waals surface area contributed by atoms with Gasteiger partial charge in [0.05, 0.1) is 18.3 Å². The first-order valence-corrected chi connectivity index (χ1v) is 6.96. The average Bonchev–Trinajstić information content (AvgIpc) is 2.78. The fraction of sp³-hybridized carbons (Fsp3) is 0.667. The molecule has 0 radical (unpaired) electrons. The smallest absolute Gasteiger partial charge is 0.310 e. The summed E-state index contributed by atoms with van der Waals surface area (Å²) in [6.07, 6.45) is 4.45. The van der Waals surface area contributed by atoms with E-state index in [1.165, 1.54) is 0 Å². The van der Waals surface area contributed by atoms with Crippen molar-refractivity contribution in [3.05, 3.63) is 12.2 Å². The van der Waals surface area contributed by atoms with E-state index in [4.69, 9.17) is 9.84 Å². The molecule has 0 fully saturated rings. The van der Waals surface area contributed by atoms with Crippen molar-refractivity contribution in [2.75, 3.05) is 0 Å². The van der Waals surface area contributed by atoms with Crippen LogP contribution in [0.15, 0.2) is 12.2 Å². The fourth-order valence-corrected chi connectivity index (χ4v) is 2.52. The number of hydrogen-bond acceptors (Lipinski definition) is 4. The quantitative estimate of drug-likeness (QED) is 0.575. The van der Waals surface area contributed by atoms with E-state index < -0.39 is 41.8 Å². The molecule has 0 aromatic heterocycles. The van der Waals surface area contributed by atoms with Crippen LogP contribution in [0.2, 0.25) is 0 Å². The van der Waals surface area contributed by atoms with Crippen LogP contribution in [0.25, 0.3) is 0 Å². The van der Waals surface area contributed by atoms with Crippen LogP contribution in [0, 0.1) is 17.8 Å². The molecule has 0 aliphatic heterocycles. The summed E-state index contributed by atoms with van der Waals surface area (Å²) in [5, 5.41) is 18.2. The van der Waals surface area contributed by atoms with Gasteiger partial charge in [-0.2, -0.15) is 0 Å². The van der Waals surface area contributed by atoms with Crippen LogP contribution >= 0.6 is 0 Å². The topological polar surface area (TPSA) is 101 Å². The summed E-state index contributed by atoms with van der Waals surface area (Å²) >= 11 is 0. The Balaban J connectivity index is 3.04. The number of ether oxygens (including phenoxy) is 1. The molecule has 0 saturated carbocycles. The number of esters is 1. The number of allylic oxidation sites excluding steroid dienone is 2. The molecule has 2 N–H and O–H groups in total. The van der Waals surface area contributed by atoms with E-state index in [0.717, 1.165) is 6.42 Å². The molecule has 0 aromatic carbocycles. The molecule has 2 unspecified atom stereocenters. The Bertz CT molecular complexity index is 446. The Morgan fingerprint density at radius 1 is 1.29 bits per heavy atom. The van der Waals surface area contributed by atoms with Gasteiger partial charge >= 0.3 is 17.9 Å². The number of aliphatic carboxylic acids is 2. The first-order valence-electron chi connectivity index (χ1n) is 6.96. The average molecular weight is 298 g/mol. The number of carbonyl (C=O) groups excluding carboxylic acids is 1. The van der Waals surface area contributed by atoms with Gasteiger partial charge in [0.15, 0.2) is 0 Å². The molecule has 0 aromatic rings. The molecule has 3 atom stereocenters. The van der Waals surface area contributed by atoms with Gasteiger partial charge in [-0.1, -0.05) is 12.2 Å². The molecule has 0 heterocycles. The summed E-state index contributed by atoms with van der Waals surface area (Å²) in [6.45, 7) is 5.08. The monoisotopic (exact) mass is 298 g/mol. The number of rotatable bonds is 6. The Morgan fingerprint density at radius 3 is 2.29 bits per heavy atom. The normalized spacial score (nSPS) is 20.8. The van der Waals surface area contributed by atoms with Crippen molar-refractivity contribution in [3.8, 4) is 0 Å². The number of hydrogen-bond donors (Lipinski definition) is 2. The molecule has 1 rings (SSSR count). The second kappa shape index (κ2) is 6.74. The predicted octanol–water partition coefficient (Wildman–Crippen LogP) is 2.09. The van der Waals surface area contributed by atoms with Gasteiger partial charge in [0.25, 0.3) is 0 Å². The van der Waals surface area contributed by atoms with Crippen LogP contribution in [0.4, 0.5) is 0 Å². The highest BCUT2D eigenvalue weighted by Crippen LogP contribution is 2.34. The molecule has 0 spiro atoms. The van der Waals surface area contributed by atoms with Gasteiger partial charge in [0.1, 0.15) is 5.60 Å². The van der Waals surface area contributed by atoms with Gasteiger partial charge in [0, 0.05) is 0 Å². The molecule has 0 saturated heterocycles. The first-order chi connectivity index (χ1) is 9.61. The maximum atomic E-state index is 12.4. The lowest BCUT2D eigenvalue weighted by Crippen LogP contribution is -2.39. The first kappa shape index (κ1) is 17.2. The molecule has 0 amide bonds. The minimum Gasteiger partial charge on any atom is -0.481 e. The molecule has 0 bridgehead atoms. The predicted molar refractivity (Wildman–Crippen MR) is 74.6 cm³/mol. The number of carboxylic acid groups (broad SMARTS) is 2. The SMILES string of the molecule is CC(C)(C)OC(=O)C(C1C=CCC1)[C@@H](CC(=O)O)C(=O)O. The molecular weight excluding hydrogens is 276 g/mol. The van der Waals surface area contributed by atoms with E-state index in [1.807, 2.05) is 6.08 Å². The highest BCUT2D eigenvalue weighted by Gasteiger charge is 2.42. The maximum absolute atomic E-state index is 12.4. The zero-order valence-electron chi connectivity index (χ0n) is 12.5. The highest BCUT2D eigenvalue weighted by atomic mass is 16.6. The van der Waals surface area contributed by atoms with Gasteiger partial charge in [-0.3, -0.25) is 14.4 Å². The second-order valence-electron chi connectivity index (χ2n) is 6.27. The Hall–Kier alpha value is -1.85. The third-order valence-corrected chi connectivity index (χ3v) is 3.34. The van der Waals surface area contributed by atoms with E-state index in [9.17, 15) is 19.5 Å². The van der Waals surface area contributed by atoms with Crippen molar-refractivity contribution in [3.63, 3.8) is 0 Å². The lowest BCUT2D eigenvalue weighted by Gasteiger charge is -2.29. The largest absolute Gasteiger partial charge is 0.481 e. The Labute approximate surface area is 123 Å². The molecule has 6 heteroatoms. The van der Waals surface area contributed by atoms with Crippen LogP contribution < -0.4 is 0 Å². The van der Waals surface area contributed by atoms with Crippen molar-refractivity contribution in [1.29, 1.82) is 0 Å². The van der Waals surface area contributed by atoms with Gasteiger partial charge in [0.2, 0.25) is 0 Å². The number of carbonyl (C=O) groups is 3. The highest BCUT2D eigenvalue weighted by molar-refractivity contribution is 5.85.